The van der Waals surface area contributed by atoms with E-state index in [2.05, 4.69) is 51.6 Å². The summed E-state index contributed by atoms with van der Waals surface area (Å²) in [6.07, 6.45) is 2.42. The molecule has 3 N–H and O–H groups in total. The van der Waals surface area contributed by atoms with Crippen LogP contribution in [0.2, 0.25) is 0 Å². The van der Waals surface area contributed by atoms with Gasteiger partial charge in [-0.2, -0.15) is 0 Å². The molecule has 0 atom stereocenters. The standard InChI is InChI=1S/C12H21BrN4O/c1-4-5-17(7-12(2,3)6-14)10-9(13)11(18)16-8-15-10/h8H,4-7,14H2,1-3H3,(H,15,16,18). The van der Waals surface area contributed by atoms with Crippen molar-refractivity contribution in [1.29, 1.82) is 0 Å². The Kier molecular flexibility index (Phi) is 5.34. The van der Waals surface area contributed by atoms with Gasteiger partial charge in [-0.25, -0.2) is 4.98 Å². The van der Waals surface area contributed by atoms with E-state index < -0.39 is 0 Å². The summed E-state index contributed by atoms with van der Waals surface area (Å²) in [7, 11) is 0. The molecule has 0 saturated carbocycles. The predicted octanol–water partition coefficient (Wildman–Crippen LogP) is 1.73. The summed E-state index contributed by atoms with van der Waals surface area (Å²) >= 11 is 3.30. The lowest BCUT2D eigenvalue weighted by molar-refractivity contribution is 0.376. The average Bonchev–Trinajstić information content (AvgIpc) is 2.32. The maximum Gasteiger partial charge on any atom is 0.267 e. The van der Waals surface area contributed by atoms with E-state index in [1.54, 1.807) is 0 Å². The van der Waals surface area contributed by atoms with Crippen molar-refractivity contribution in [2.45, 2.75) is 27.2 Å². The summed E-state index contributed by atoms with van der Waals surface area (Å²) in [6, 6.07) is 0. The number of aromatic amines is 1. The molecule has 1 aromatic rings. The zero-order valence-electron chi connectivity index (χ0n) is 11.2. The van der Waals surface area contributed by atoms with Gasteiger partial charge in [-0.1, -0.05) is 20.8 Å². The lowest BCUT2D eigenvalue weighted by atomic mass is 9.93. The second-order valence-corrected chi connectivity index (χ2v) is 5.95. The Hall–Kier alpha value is -0.880. The first-order valence-corrected chi connectivity index (χ1v) is 6.89. The maximum absolute atomic E-state index is 11.6. The molecular formula is C12H21BrN4O. The summed E-state index contributed by atoms with van der Waals surface area (Å²) in [5.41, 5.74) is 5.59. The molecule has 0 aliphatic rings. The van der Waals surface area contributed by atoms with Gasteiger partial charge in [0.25, 0.3) is 5.56 Å². The highest BCUT2D eigenvalue weighted by atomic mass is 79.9. The maximum atomic E-state index is 11.6. The fourth-order valence-electron chi connectivity index (χ4n) is 1.71. The number of halogens is 1. The second kappa shape index (κ2) is 6.33. The van der Waals surface area contributed by atoms with Crippen molar-refractivity contribution in [3.05, 3.63) is 21.2 Å². The van der Waals surface area contributed by atoms with E-state index in [1.165, 1.54) is 6.33 Å². The predicted molar refractivity (Wildman–Crippen MR) is 77.9 cm³/mol. The number of anilines is 1. The Morgan fingerprint density at radius 2 is 2.22 bits per heavy atom. The van der Waals surface area contributed by atoms with Gasteiger partial charge in [0, 0.05) is 13.1 Å². The van der Waals surface area contributed by atoms with Crippen LogP contribution < -0.4 is 16.2 Å². The molecular weight excluding hydrogens is 296 g/mol. The van der Waals surface area contributed by atoms with E-state index in [0.717, 1.165) is 19.5 Å². The van der Waals surface area contributed by atoms with Gasteiger partial charge < -0.3 is 15.6 Å². The number of aromatic nitrogens is 2. The van der Waals surface area contributed by atoms with Crippen LogP contribution in [0.15, 0.2) is 15.6 Å². The van der Waals surface area contributed by atoms with Crippen LogP contribution in [0, 0.1) is 5.41 Å². The summed E-state index contributed by atoms with van der Waals surface area (Å²) in [4.78, 5) is 20.5. The van der Waals surface area contributed by atoms with Crippen molar-refractivity contribution >= 4 is 21.7 Å². The Balaban J connectivity index is 3.05. The molecule has 1 heterocycles. The molecule has 0 spiro atoms. The fourth-order valence-corrected chi connectivity index (χ4v) is 2.17. The van der Waals surface area contributed by atoms with E-state index in [1.807, 2.05) is 0 Å². The molecule has 18 heavy (non-hydrogen) atoms. The lowest BCUT2D eigenvalue weighted by Gasteiger charge is -2.32. The molecule has 0 aliphatic heterocycles. The van der Waals surface area contributed by atoms with E-state index in [4.69, 9.17) is 5.73 Å². The van der Waals surface area contributed by atoms with Crippen molar-refractivity contribution in [2.75, 3.05) is 24.5 Å². The highest BCUT2D eigenvalue weighted by molar-refractivity contribution is 9.10. The zero-order valence-corrected chi connectivity index (χ0v) is 12.7. The van der Waals surface area contributed by atoms with Gasteiger partial charge in [-0.15, -0.1) is 0 Å². The molecule has 0 bridgehead atoms. The highest BCUT2D eigenvalue weighted by Crippen LogP contribution is 2.24. The first kappa shape index (κ1) is 15.2. The van der Waals surface area contributed by atoms with Gasteiger partial charge in [-0.05, 0) is 34.3 Å². The molecule has 0 aromatic carbocycles. The lowest BCUT2D eigenvalue weighted by Crippen LogP contribution is -2.40. The Labute approximate surface area is 116 Å². The third-order valence-corrected chi connectivity index (χ3v) is 3.46. The topological polar surface area (TPSA) is 75.0 Å². The number of nitrogens with two attached hydrogens (primary N) is 1. The number of hydrogen-bond donors (Lipinski definition) is 2. The van der Waals surface area contributed by atoms with Crippen molar-refractivity contribution in [3.8, 4) is 0 Å². The number of H-pyrrole nitrogens is 1. The largest absolute Gasteiger partial charge is 0.355 e. The first-order valence-electron chi connectivity index (χ1n) is 6.09. The van der Waals surface area contributed by atoms with Gasteiger partial charge >= 0.3 is 0 Å². The Morgan fingerprint density at radius 3 is 2.78 bits per heavy atom. The van der Waals surface area contributed by atoms with Gasteiger partial charge in [-0.3, -0.25) is 4.79 Å². The van der Waals surface area contributed by atoms with E-state index in [-0.39, 0.29) is 11.0 Å². The zero-order chi connectivity index (χ0) is 13.8. The molecule has 0 fully saturated rings. The van der Waals surface area contributed by atoms with Crippen LogP contribution in [-0.2, 0) is 0 Å². The minimum atomic E-state index is -0.161. The van der Waals surface area contributed by atoms with Crippen LogP contribution in [-0.4, -0.2) is 29.6 Å². The molecule has 0 saturated heterocycles. The molecule has 0 radical (unpaired) electrons. The fraction of sp³-hybridized carbons (Fsp3) is 0.667. The van der Waals surface area contributed by atoms with Gasteiger partial charge in [0.1, 0.15) is 10.3 Å². The number of nitrogens with zero attached hydrogens (tertiary/aromatic N) is 2. The van der Waals surface area contributed by atoms with Crippen LogP contribution in [0.5, 0.6) is 0 Å². The normalized spacial score (nSPS) is 11.6. The molecule has 5 nitrogen and oxygen atoms in total. The number of rotatable bonds is 6. The third-order valence-electron chi connectivity index (χ3n) is 2.74. The van der Waals surface area contributed by atoms with E-state index in [0.29, 0.717) is 16.8 Å². The monoisotopic (exact) mass is 316 g/mol. The summed E-state index contributed by atoms with van der Waals surface area (Å²) in [5, 5.41) is 0. The minimum absolute atomic E-state index is 0.0150. The second-order valence-electron chi connectivity index (χ2n) is 5.16. The molecule has 1 aromatic heterocycles. The Bertz CT molecular complexity index is 444. The van der Waals surface area contributed by atoms with Gasteiger partial charge in [0.2, 0.25) is 0 Å². The van der Waals surface area contributed by atoms with Crippen LogP contribution in [0.25, 0.3) is 0 Å². The van der Waals surface area contributed by atoms with Crippen molar-refractivity contribution in [1.82, 2.24) is 9.97 Å². The average molecular weight is 317 g/mol. The van der Waals surface area contributed by atoms with Crippen LogP contribution >= 0.6 is 15.9 Å². The smallest absolute Gasteiger partial charge is 0.267 e. The Morgan fingerprint density at radius 1 is 1.56 bits per heavy atom. The molecule has 1 rings (SSSR count). The van der Waals surface area contributed by atoms with Crippen LogP contribution in [0.1, 0.15) is 27.2 Å². The molecule has 102 valence electrons. The molecule has 0 unspecified atom stereocenters. The van der Waals surface area contributed by atoms with Crippen LogP contribution in [0.4, 0.5) is 5.82 Å². The van der Waals surface area contributed by atoms with E-state index >= 15 is 0 Å². The molecule has 0 amide bonds. The summed E-state index contributed by atoms with van der Waals surface area (Å²) in [5.74, 6) is 0.683. The van der Waals surface area contributed by atoms with E-state index in [9.17, 15) is 4.79 Å². The number of nitrogens with one attached hydrogen (secondary N) is 1. The summed E-state index contributed by atoms with van der Waals surface area (Å²) < 4.78 is 0.478. The molecule has 6 heteroatoms. The molecule has 0 aliphatic carbocycles. The minimum Gasteiger partial charge on any atom is -0.355 e. The third kappa shape index (κ3) is 3.81. The first-order chi connectivity index (χ1) is 8.41. The summed E-state index contributed by atoms with van der Waals surface area (Å²) in [6.45, 7) is 8.52. The van der Waals surface area contributed by atoms with Crippen LogP contribution in [0.3, 0.4) is 0 Å². The van der Waals surface area contributed by atoms with Crippen molar-refractivity contribution < 1.29 is 0 Å². The SMILES string of the molecule is CCCN(CC(C)(C)CN)c1nc[nH]c(=O)c1Br. The number of hydrogen-bond acceptors (Lipinski definition) is 4. The quantitative estimate of drug-likeness (QED) is 0.838. The van der Waals surface area contributed by atoms with Crippen molar-refractivity contribution in [2.24, 2.45) is 11.1 Å². The highest BCUT2D eigenvalue weighted by Gasteiger charge is 2.22. The van der Waals surface area contributed by atoms with Gasteiger partial charge in [0.15, 0.2) is 0 Å². The van der Waals surface area contributed by atoms with Gasteiger partial charge in [0.05, 0.1) is 6.33 Å². The van der Waals surface area contributed by atoms with Crippen molar-refractivity contribution in [3.63, 3.8) is 0 Å².